The number of hydrogen-bond acceptors (Lipinski definition) is 3. The summed E-state index contributed by atoms with van der Waals surface area (Å²) in [5, 5.41) is 12.2. The van der Waals surface area contributed by atoms with Crippen molar-refractivity contribution in [1.29, 1.82) is 0 Å². The molecule has 0 bridgehead atoms. The molecule has 0 saturated heterocycles. The molecule has 0 fully saturated rings. The Hall–Kier alpha value is -1.39. The van der Waals surface area contributed by atoms with Gasteiger partial charge in [0, 0.05) is 12.7 Å². The third-order valence-electron chi connectivity index (χ3n) is 2.94. The molecule has 2 N–H and O–H groups in total. The van der Waals surface area contributed by atoms with Gasteiger partial charge in [-0.2, -0.15) is 0 Å². The van der Waals surface area contributed by atoms with Crippen LogP contribution < -0.4 is 5.32 Å². The van der Waals surface area contributed by atoms with Crippen LogP contribution in [0, 0.1) is 5.41 Å². The largest absolute Gasteiger partial charge is 0.394 e. The van der Waals surface area contributed by atoms with E-state index in [4.69, 9.17) is 4.74 Å². The molecule has 1 aromatic carbocycles. The molecule has 0 aliphatic rings. The molecule has 0 spiro atoms. The van der Waals surface area contributed by atoms with Crippen LogP contribution in [-0.2, 0) is 11.3 Å². The zero-order valence-corrected chi connectivity index (χ0v) is 12.8. The molecule has 0 heterocycles. The zero-order chi connectivity index (χ0) is 15.2. The fourth-order valence-electron chi connectivity index (χ4n) is 2.09. The predicted octanol–water partition coefficient (Wildman–Crippen LogP) is 2.36. The van der Waals surface area contributed by atoms with Gasteiger partial charge in [0.25, 0.3) is 5.91 Å². The van der Waals surface area contributed by atoms with Crippen molar-refractivity contribution in [3.05, 3.63) is 35.4 Å². The van der Waals surface area contributed by atoms with E-state index < -0.39 is 0 Å². The van der Waals surface area contributed by atoms with Crippen molar-refractivity contribution in [2.75, 3.05) is 13.7 Å². The fraction of sp³-hybridized carbons (Fsp3) is 0.562. The number of hydrogen-bond donors (Lipinski definition) is 2. The molecule has 1 unspecified atom stereocenters. The lowest BCUT2D eigenvalue weighted by molar-refractivity contribution is 0.0897. The van der Waals surface area contributed by atoms with Crippen molar-refractivity contribution in [3.8, 4) is 0 Å². The van der Waals surface area contributed by atoms with Crippen LogP contribution in [0.5, 0.6) is 0 Å². The number of benzene rings is 1. The van der Waals surface area contributed by atoms with E-state index in [1.165, 1.54) is 0 Å². The molecule has 1 atom stereocenters. The lowest BCUT2D eigenvalue weighted by Gasteiger charge is -2.25. The second-order valence-electron chi connectivity index (χ2n) is 6.25. The van der Waals surface area contributed by atoms with Crippen molar-refractivity contribution in [2.45, 2.75) is 39.8 Å². The summed E-state index contributed by atoms with van der Waals surface area (Å²) in [6.45, 7) is 6.74. The first kappa shape index (κ1) is 16.7. The summed E-state index contributed by atoms with van der Waals surface area (Å²) in [7, 11) is 1.64. The summed E-state index contributed by atoms with van der Waals surface area (Å²) in [4.78, 5) is 12.1. The molecule has 1 aromatic rings. The van der Waals surface area contributed by atoms with Gasteiger partial charge < -0.3 is 15.2 Å². The molecule has 0 saturated carbocycles. The summed E-state index contributed by atoms with van der Waals surface area (Å²) >= 11 is 0. The SMILES string of the molecule is COCc1ccc(C(=O)NC(CO)CC(C)(C)C)cc1. The van der Waals surface area contributed by atoms with E-state index in [9.17, 15) is 9.90 Å². The van der Waals surface area contributed by atoms with Gasteiger partial charge in [0.2, 0.25) is 0 Å². The summed E-state index contributed by atoms with van der Waals surface area (Å²) in [6, 6.07) is 7.07. The maximum Gasteiger partial charge on any atom is 0.251 e. The van der Waals surface area contributed by atoms with Crippen LogP contribution in [-0.4, -0.2) is 30.8 Å². The van der Waals surface area contributed by atoms with Crippen LogP contribution in [0.25, 0.3) is 0 Å². The van der Waals surface area contributed by atoms with Crippen LogP contribution in [0.3, 0.4) is 0 Å². The second kappa shape index (κ2) is 7.41. The van der Waals surface area contributed by atoms with Crippen LogP contribution >= 0.6 is 0 Å². The first-order valence-corrected chi connectivity index (χ1v) is 6.85. The van der Waals surface area contributed by atoms with Gasteiger partial charge in [0.15, 0.2) is 0 Å². The Morgan fingerprint density at radius 2 is 1.90 bits per heavy atom. The van der Waals surface area contributed by atoms with E-state index in [0.29, 0.717) is 12.2 Å². The summed E-state index contributed by atoms with van der Waals surface area (Å²) in [5.41, 5.74) is 1.68. The van der Waals surface area contributed by atoms with E-state index in [1.54, 1.807) is 19.2 Å². The van der Waals surface area contributed by atoms with Gasteiger partial charge in [-0.3, -0.25) is 4.79 Å². The average molecular weight is 279 g/mol. The number of amides is 1. The molecule has 1 rings (SSSR count). The number of methoxy groups -OCH3 is 1. The van der Waals surface area contributed by atoms with E-state index >= 15 is 0 Å². The maximum atomic E-state index is 12.1. The third-order valence-corrected chi connectivity index (χ3v) is 2.94. The Balaban J connectivity index is 2.64. The lowest BCUT2D eigenvalue weighted by Crippen LogP contribution is -2.40. The van der Waals surface area contributed by atoms with Gasteiger partial charge in [-0.25, -0.2) is 0 Å². The van der Waals surface area contributed by atoms with Crippen LogP contribution in [0.1, 0.15) is 43.1 Å². The molecule has 0 radical (unpaired) electrons. The molecule has 0 aliphatic heterocycles. The highest BCUT2D eigenvalue weighted by Gasteiger charge is 2.20. The van der Waals surface area contributed by atoms with Crippen molar-refractivity contribution in [1.82, 2.24) is 5.32 Å². The minimum Gasteiger partial charge on any atom is -0.394 e. The minimum atomic E-state index is -0.221. The van der Waals surface area contributed by atoms with Crippen molar-refractivity contribution >= 4 is 5.91 Å². The van der Waals surface area contributed by atoms with E-state index in [1.807, 2.05) is 12.1 Å². The Morgan fingerprint density at radius 3 is 2.35 bits per heavy atom. The molecule has 20 heavy (non-hydrogen) atoms. The summed E-state index contributed by atoms with van der Waals surface area (Å²) in [5.74, 6) is -0.155. The van der Waals surface area contributed by atoms with Crippen LogP contribution in [0.15, 0.2) is 24.3 Å². The topological polar surface area (TPSA) is 58.6 Å². The highest BCUT2D eigenvalue weighted by Crippen LogP contribution is 2.20. The first-order valence-electron chi connectivity index (χ1n) is 6.85. The highest BCUT2D eigenvalue weighted by atomic mass is 16.5. The summed E-state index contributed by atoms with van der Waals surface area (Å²) in [6.07, 6.45) is 0.733. The number of nitrogens with one attached hydrogen (secondary N) is 1. The number of ether oxygens (including phenoxy) is 1. The normalized spacial score (nSPS) is 13.1. The number of rotatable bonds is 6. The minimum absolute atomic E-state index is 0.0508. The van der Waals surface area contributed by atoms with Crippen molar-refractivity contribution < 1.29 is 14.6 Å². The summed E-state index contributed by atoms with van der Waals surface area (Å²) < 4.78 is 5.03. The predicted molar refractivity (Wildman–Crippen MR) is 79.6 cm³/mol. The standard InChI is InChI=1S/C16H25NO3/c1-16(2,3)9-14(10-18)17-15(19)13-7-5-12(6-8-13)11-20-4/h5-8,14,18H,9-11H2,1-4H3,(H,17,19). The first-order chi connectivity index (χ1) is 9.35. The van der Waals surface area contributed by atoms with Gasteiger partial charge in [-0.1, -0.05) is 32.9 Å². The van der Waals surface area contributed by atoms with E-state index in [-0.39, 0.29) is 24.0 Å². The molecular formula is C16H25NO3. The molecule has 4 heteroatoms. The van der Waals surface area contributed by atoms with Gasteiger partial charge in [-0.05, 0) is 29.5 Å². The third kappa shape index (κ3) is 5.72. The smallest absolute Gasteiger partial charge is 0.251 e. The Labute approximate surface area is 121 Å². The van der Waals surface area contributed by atoms with Gasteiger partial charge in [-0.15, -0.1) is 0 Å². The Morgan fingerprint density at radius 1 is 1.30 bits per heavy atom. The molecule has 0 aliphatic carbocycles. The quantitative estimate of drug-likeness (QED) is 0.840. The monoisotopic (exact) mass is 279 g/mol. The number of carbonyl (C=O) groups excluding carboxylic acids is 1. The highest BCUT2D eigenvalue weighted by molar-refractivity contribution is 5.94. The molecular weight excluding hydrogens is 254 g/mol. The number of carbonyl (C=O) groups is 1. The van der Waals surface area contributed by atoms with E-state index in [2.05, 4.69) is 26.1 Å². The van der Waals surface area contributed by atoms with Gasteiger partial charge in [0.1, 0.15) is 0 Å². The number of aliphatic hydroxyl groups is 1. The molecule has 4 nitrogen and oxygen atoms in total. The van der Waals surface area contributed by atoms with Crippen LogP contribution in [0.4, 0.5) is 0 Å². The number of aliphatic hydroxyl groups excluding tert-OH is 1. The maximum absolute atomic E-state index is 12.1. The van der Waals surface area contributed by atoms with E-state index in [0.717, 1.165) is 12.0 Å². The second-order valence-corrected chi connectivity index (χ2v) is 6.25. The molecule has 0 aromatic heterocycles. The fourth-order valence-corrected chi connectivity index (χ4v) is 2.09. The molecule has 112 valence electrons. The average Bonchev–Trinajstić information content (AvgIpc) is 2.37. The Bertz CT molecular complexity index is 420. The van der Waals surface area contributed by atoms with Gasteiger partial charge >= 0.3 is 0 Å². The van der Waals surface area contributed by atoms with Gasteiger partial charge in [0.05, 0.1) is 19.3 Å². The lowest BCUT2D eigenvalue weighted by atomic mass is 9.88. The van der Waals surface area contributed by atoms with Crippen molar-refractivity contribution in [3.63, 3.8) is 0 Å². The Kier molecular flexibility index (Phi) is 6.17. The van der Waals surface area contributed by atoms with Crippen LogP contribution in [0.2, 0.25) is 0 Å². The molecule has 1 amide bonds. The van der Waals surface area contributed by atoms with Crippen molar-refractivity contribution in [2.24, 2.45) is 5.41 Å². The zero-order valence-electron chi connectivity index (χ0n) is 12.8.